The third-order valence-corrected chi connectivity index (χ3v) is 6.02. The Morgan fingerprint density at radius 3 is 2.39 bits per heavy atom. The Kier molecular flexibility index (Phi) is 4.83. The lowest BCUT2D eigenvalue weighted by molar-refractivity contribution is 0.549. The number of sulfonamides is 1. The van der Waals surface area contributed by atoms with Crippen molar-refractivity contribution in [2.24, 2.45) is 0 Å². The van der Waals surface area contributed by atoms with Gasteiger partial charge in [0.2, 0.25) is 10.0 Å². The first kappa shape index (κ1) is 16.2. The van der Waals surface area contributed by atoms with Gasteiger partial charge in [0.25, 0.3) is 0 Å². The van der Waals surface area contributed by atoms with Crippen LogP contribution >= 0.6 is 0 Å². The predicted molar refractivity (Wildman–Crippen MR) is 92.9 cm³/mol. The van der Waals surface area contributed by atoms with Gasteiger partial charge in [-0.15, -0.1) is 0 Å². The quantitative estimate of drug-likeness (QED) is 0.901. The van der Waals surface area contributed by atoms with E-state index < -0.39 is 10.0 Å². The summed E-state index contributed by atoms with van der Waals surface area (Å²) in [6, 6.07) is 14.8. The van der Waals surface area contributed by atoms with Crippen molar-refractivity contribution >= 4 is 10.0 Å². The maximum atomic E-state index is 12.6. The lowest BCUT2D eigenvalue weighted by atomic mass is 9.89. The first-order valence-electron chi connectivity index (χ1n) is 8.29. The van der Waals surface area contributed by atoms with E-state index in [2.05, 4.69) is 22.9 Å². The maximum Gasteiger partial charge on any atom is 0.241 e. The normalized spacial score (nSPS) is 15.9. The van der Waals surface area contributed by atoms with Crippen LogP contribution in [0.2, 0.25) is 0 Å². The highest BCUT2D eigenvalue weighted by molar-refractivity contribution is 7.89. The minimum atomic E-state index is -3.49. The number of hydrogen-bond donors (Lipinski definition) is 1. The van der Waals surface area contributed by atoms with Gasteiger partial charge in [0, 0.05) is 6.04 Å². The van der Waals surface area contributed by atoms with Gasteiger partial charge in [-0.05, 0) is 60.9 Å². The molecule has 1 aliphatic carbocycles. The smallest absolute Gasteiger partial charge is 0.207 e. The van der Waals surface area contributed by atoms with Crippen LogP contribution < -0.4 is 4.72 Å². The van der Waals surface area contributed by atoms with E-state index in [0.29, 0.717) is 4.90 Å². The first-order chi connectivity index (χ1) is 11.1. The van der Waals surface area contributed by atoms with Crippen molar-refractivity contribution in [2.45, 2.75) is 50.0 Å². The fourth-order valence-corrected chi connectivity index (χ4v) is 4.54. The molecule has 2 aromatic carbocycles. The number of aryl methyl sites for hydroxylation is 2. The molecule has 1 N–H and O–H groups in total. The molecule has 0 saturated carbocycles. The molecule has 0 radical (unpaired) electrons. The van der Waals surface area contributed by atoms with Gasteiger partial charge in [0.1, 0.15) is 0 Å². The van der Waals surface area contributed by atoms with Crippen LogP contribution in [0.15, 0.2) is 53.4 Å². The summed E-state index contributed by atoms with van der Waals surface area (Å²) in [5.41, 5.74) is 3.86. The van der Waals surface area contributed by atoms with Gasteiger partial charge >= 0.3 is 0 Å². The van der Waals surface area contributed by atoms with Crippen LogP contribution in [0.25, 0.3) is 0 Å². The van der Waals surface area contributed by atoms with Crippen molar-refractivity contribution in [1.29, 1.82) is 0 Å². The van der Waals surface area contributed by atoms with Crippen molar-refractivity contribution in [1.82, 2.24) is 4.72 Å². The lowest BCUT2D eigenvalue weighted by Gasteiger charge is -2.21. The molecular formula is C19H23NO2S. The van der Waals surface area contributed by atoms with E-state index >= 15 is 0 Å². The summed E-state index contributed by atoms with van der Waals surface area (Å²) >= 11 is 0. The largest absolute Gasteiger partial charge is 0.241 e. The van der Waals surface area contributed by atoms with E-state index in [9.17, 15) is 8.42 Å². The van der Waals surface area contributed by atoms with Crippen LogP contribution in [-0.2, 0) is 22.9 Å². The van der Waals surface area contributed by atoms with Gasteiger partial charge < -0.3 is 0 Å². The Morgan fingerprint density at radius 2 is 1.70 bits per heavy atom. The molecule has 23 heavy (non-hydrogen) atoms. The Bertz CT molecular complexity index is 769. The molecule has 3 nitrogen and oxygen atoms in total. The second-order valence-electron chi connectivity index (χ2n) is 6.13. The van der Waals surface area contributed by atoms with E-state index in [1.165, 1.54) is 24.0 Å². The monoisotopic (exact) mass is 329 g/mol. The van der Waals surface area contributed by atoms with Gasteiger partial charge in [-0.25, -0.2) is 13.1 Å². The summed E-state index contributed by atoms with van der Waals surface area (Å²) in [5, 5.41) is 0. The molecule has 1 aliphatic rings. The van der Waals surface area contributed by atoms with Crippen molar-refractivity contribution in [3.05, 3.63) is 65.2 Å². The van der Waals surface area contributed by atoms with E-state index in [0.717, 1.165) is 24.8 Å². The number of benzene rings is 2. The van der Waals surface area contributed by atoms with E-state index in [1.54, 1.807) is 24.3 Å². The molecule has 0 heterocycles. The maximum absolute atomic E-state index is 12.6. The van der Waals surface area contributed by atoms with Crippen LogP contribution in [-0.4, -0.2) is 8.42 Å². The third-order valence-electron chi connectivity index (χ3n) is 4.53. The average Bonchev–Trinajstić information content (AvgIpc) is 2.60. The SMILES string of the molecule is CC[C@H](NS(=O)(=O)c1ccccc1)c1ccc2c(c1)CCCC2. The molecule has 0 fully saturated rings. The molecule has 3 rings (SSSR count). The zero-order valence-corrected chi connectivity index (χ0v) is 14.3. The van der Waals surface area contributed by atoms with Crippen LogP contribution in [0.4, 0.5) is 0 Å². The summed E-state index contributed by atoms with van der Waals surface area (Å²) in [7, 11) is -3.49. The zero-order valence-electron chi connectivity index (χ0n) is 13.5. The molecule has 0 bridgehead atoms. The fraction of sp³-hybridized carbons (Fsp3) is 0.368. The molecular weight excluding hydrogens is 306 g/mol. The number of fused-ring (bicyclic) bond motifs is 1. The highest BCUT2D eigenvalue weighted by atomic mass is 32.2. The Hall–Kier alpha value is -1.65. The molecule has 1 atom stereocenters. The minimum Gasteiger partial charge on any atom is -0.207 e. The second-order valence-corrected chi connectivity index (χ2v) is 7.84. The minimum absolute atomic E-state index is 0.188. The molecule has 122 valence electrons. The Balaban J connectivity index is 1.86. The van der Waals surface area contributed by atoms with Gasteiger partial charge in [-0.1, -0.05) is 43.3 Å². The Morgan fingerprint density at radius 1 is 1.00 bits per heavy atom. The molecule has 2 aromatic rings. The van der Waals surface area contributed by atoms with Gasteiger partial charge in [0.15, 0.2) is 0 Å². The van der Waals surface area contributed by atoms with Crippen LogP contribution in [0.3, 0.4) is 0 Å². The standard InChI is InChI=1S/C19H23NO2S/c1-2-19(20-23(21,22)18-10-4-3-5-11-18)17-13-12-15-8-6-7-9-16(15)14-17/h3-5,10-14,19-20H,2,6-9H2,1H3/t19-/m0/s1. The number of rotatable bonds is 5. The van der Waals surface area contributed by atoms with Crippen molar-refractivity contribution in [3.63, 3.8) is 0 Å². The summed E-state index contributed by atoms with van der Waals surface area (Å²) in [6.45, 7) is 2.01. The van der Waals surface area contributed by atoms with Crippen molar-refractivity contribution < 1.29 is 8.42 Å². The molecule has 0 aliphatic heterocycles. The molecule has 0 spiro atoms. The topological polar surface area (TPSA) is 46.2 Å². The Labute approximate surface area is 138 Å². The molecule has 0 aromatic heterocycles. The van der Waals surface area contributed by atoms with Crippen LogP contribution in [0.1, 0.15) is 48.9 Å². The highest BCUT2D eigenvalue weighted by Crippen LogP contribution is 2.27. The van der Waals surface area contributed by atoms with Crippen molar-refractivity contribution in [3.8, 4) is 0 Å². The van der Waals surface area contributed by atoms with Crippen LogP contribution in [0.5, 0.6) is 0 Å². The predicted octanol–water partition coefficient (Wildman–Crippen LogP) is 4.00. The fourth-order valence-electron chi connectivity index (χ4n) is 3.21. The summed E-state index contributed by atoms with van der Waals surface area (Å²) < 4.78 is 28.0. The lowest BCUT2D eigenvalue weighted by Crippen LogP contribution is -2.28. The summed E-state index contributed by atoms with van der Waals surface area (Å²) in [6.07, 6.45) is 5.45. The molecule has 0 amide bonds. The van der Waals surface area contributed by atoms with Gasteiger partial charge in [0.05, 0.1) is 4.90 Å². The summed E-state index contributed by atoms with van der Waals surface area (Å²) in [4.78, 5) is 0.316. The highest BCUT2D eigenvalue weighted by Gasteiger charge is 2.21. The average molecular weight is 329 g/mol. The summed E-state index contributed by atoms with van der Waals surface area (Å²) in [5.74, 6) is 0. The zero-order chi connectivity index (χ0) is 16.3. The van der Waals surface area contributed by atoms with E-state index in [-0.39, 0.29) is 6.04 Å². The third kappa shape index (κ3) is 3.65. The van der Waals surface area contributed by atoms with Crippen LogP contribution in [0, 0.1) is 0 Å². The van der Waals surface area contributed by atoms with Crippen molar-refractivity contribution in [2.75, 3.05) is 0 Å². The second kappa shape index (κ2) is 6.85. The van der Waals surface area contributed by atoms with Gasteiger partial charge in [-0.3, -0.25) is 0 Å². The number of nitrogens with one attached hydrogen (secondary N) is 1. The first-order valence-corrected chi connectivity index (χ1v) is 9.77. The van der Waals surface area contributed by atoms with E-state index in [1.807, 2.05) is 13.0 Å². The van der Waals surface area contributed by atoms with E-state index in [4.69, 9.17) is 0 Å². The number of hydrogen-bond acceptors (Lipinski definition) is 2. The molecule has 0 unspecified atom stereocenters. The molecule has 0 saturated heterocycles. The van der Waals surface area contributed by atoms with Gasteiger partial charge in [-0.2, -0.15) is 0 Å². The molecule has 4 heteroatoms.